The lowest BCUT2D eigenvalue weighted by Gasteiger charge is -2.29. The molecule has 1 atom stereocenters. The van der Waals surface area contributed by atoms with Crippen molar-refractivity contribution in [1.82, 2.24) is 5.32 Å². The van der Waals surface area contributed by atoms with E-state index in [0.717, 1.165) is 12.1 Å². The molecule has 2 aromatic carbocycles. The normalized spacial score (nSPS) is 14.5. The number of ether oxygens (including phenoxy) is 2. The fourth-order valence-corrected chi connectivity index (χ4v) is 2.92. The molecule has 1 heterocycles. The summed E-state index contributed by atoms with van der Waals surface area (Å²) >= 11 is 0. The number of anilines is 1. The number of nitrogens with one attached hydrogen (secondary N) is 1. The van der Waals surface area contributed by atoms with Crippen molar-refractivity contribution in [3.8, 4) is 11.5 Å². The molecule has 2 aromatic rings. The molecular weight excluding hydrogens is 405 g/mol. The first-order valence-corrected chi connectivity index (χ1v) is 9.05. The number of fused-ring (bicyclic) bond motifs is 1. The number of hydrogen-bond acceptors (Lipinski definition) is 5. The minimum Gasteiger partial charge on any atom is -0.482 e. The van der Waals surface area contributed by atoms with Gasteiger partial charge < -0.3 is 24.8 Å². The Kier molecular flexibility index (Phi) is 6.46. The summed E-state index contributed by atoms with van der Waals surface area (Å²) < 4.78 is 45.6. The number of nitrogens with zero attached hydrogens (tertiary/aromatic N) is 1. The SMILES string of the molecule is O=C(CCN1C(=O)COc2ccccc21)NC[C@@H](O)c1ccc(OC(F)(F)F)cc1. The van der Waals surface area contributed by atoms with Crippen molar-refractivity contribution < 1.29 is 37.3 Å². The highest BCUT2D eigenvalue weighted by Gasteiger charge is 2.31. The molecule has 160 valence electrons. The Bertz CT molecular complexity index is 902. The van der Waals surface area contributed by atoms with Gasteiger partial charge in [0.05, 0.1) is 11.8 Å². The molecule has 0 radical (unpaired) electrons. The van der Waals surface area contributed by atoms with Gasteiger partial charge in [-0.05, 0) is 29.8 Å². The first-order chi connectivity index (χ1) is 14.2. The zero-order valence-electron chi connectivity index (χ0n) is 15.7. The summed E-state index contributed by atoms with van der Waals surface area (Å²) in [4.78, 5) is 25.7. The number of aliphatic hydroxyl groups excluding tert-OH is 1. The predicted molar refractivity (Wildman–Crippen MR) is 100 cm³/mol. The summed E-state index contributed by atoms with van der Waals surface area (Å²) in [6.45, 7) is -0.0953. The lowest BCUT2D eigenvalue weighted by molar-refractivity contribution is -0.274. The number of amides is 2. The highest BCUT2D eigenvalue weighted by molar-refractivity contribution is 5.98. The number of para-hydroxylation sites is 2. The topological polar surface area (TPSA) is 88.1 Å². The van der Waals surface area contributed by atoms with Gasteiger partial charge in [0.15, 0.2) is 6.61 Å². The molecule has 0 saturated heterocycles. The number of carbonyl (C=O) groups excluding carboxylic acids is 2. The lowest BCUT2D eigenvalue weighted by Crippen LogP contribution is -2.41. The van der Waals surface area contributed by atoms with Crippen LogP contribution in [-0.2, 0) is 9.59 Å². The summed E-state index contributed by atoms with van der Waals surface area (Å²) in [5.74, 6) is -0.491. The zero-order valence-corrected chi connectivity index (χ0v) is 15.7. The molecule has 30 heavy (non-hydrogen) atoms. The molecular formula is C20H19F3N2O5. The fourth-order valence-electron chi connectivity index (χ4n) is 2.92. The number of carbonyl (C=O) groups is 2. The second-order valence-corrected chi connectivity index (χ2v) is 6.49. The zero-order chi connectivity index (χ0) is 21.7. The Morgan fingerprint density at radius 2 is 1.90 bits per heavy atom. The fraction of sp³-hybridized carbons (Fsp3) is 0.300. The van der Waals surface area contributed by atoms with Crippen LogP contribution in [0.3, 0.4) is 0 Å². The molecule has 2 amide bonds. The molecule has 10 heteroatoms. The van der Waals surface area contributed by atoms with Crippen molar-refractivity contribution in [3.05, 3.63) is 54.1 Å². The smallest absolute Gasteiger partial charge is 0.482 e. The van der Waals surface area contributed by atoms with Crippen molar-refractivity contribution in [1.29, 1.82) is 0 Å². The summed E-state index contributed by atoms with van der Waals surface area (Å²) in [7, 11) is 0. The molecule has 0 spiro atoms. The first-order valence-electron chi connectivity index (χ1n) is 9.05. The predicted octanol–water partition coefficient (Wildman–Crippen LogP) is 2.55. The van der Waals surface area contributed by atoms with Gasteiger partial charge in [-0.25, -0.2) is 0 Å². The van der Waals surface area contributed by atoms with Gasteiger partial charge in [0.2, 0.25) is 5.91 Å². The van der Waals surface area contributed by atoms with Crippen LogP contribution in [0, 0.1) is 0 Å². The van der Waals surface area contributed by atoms with Crippen LogP contribution in [0.4, 0.5) is 18.9 Å². The average Bonchev–Trinajstić information content (AvgIpc) is 2.70. The third-order valence-corrected chi connectivity index (χ3v) is 4.36. The van der Waals surface area contributed by atoms with E-state index < -0.39 is 18.2 Å². The van der Waals surface area contributed by atoms with Crippen molar-refractivity contribution in [2.24, 2.45) is 0 Å². The number of benzene rings is 2. The molecule has 2 N–H and O–H groups in total. The van der Waals surface area contributed by atoms with E-state index >= 15 is 0 Å². The Morgan fingerprint density at radius 3 is 2.60 bits per heavy atom. The van der Waals surface area contributed by atoms with Gasteiger partial charge in [-0.15, -0.1) is 13.2 Å². The molecule has 0 aromatic heterocycles. The molecule has 1 aliphatic rings. The highest BCUT2D eigenvalue weighted by atomic mass is 19.4. The Hall–Kier alpha value is -3.27. The van der Waals surface area contributed by atoms with E-state index in [1.54, 1.807) is 24.3 Å². The van der Waals surface area contributed by atoms with Gasteiger partial charge in [-0.1, -0.05) is 24.3 Å². The molecule has 3 rings (SSSR count). The quantitative estimate of drug-likeness (QED) is 0.713. The van der Waals surface area contributed by atoms with Gasteiger partial charge in [0.25, 0.3) is 5.91 Å². The van der Waals surface area contributed by atoms with E-state index in [2.05, 4.69) is 10.1 Å². The first kappa shape index (κ1) is 21.4. The number of alkyl halides is 3. The maximum Gasteiger partial charge on any atom is 0.573 e. The maximum atomic E-state index is 12.2. The molecule has 1 aliphatic heterocycles. The number of rotatable bonds is 7. The Balaban J connectivity index is 1.48. The number of hydrogen-bond donors (Lipinski definition) is 2. The molecule has 0 unspecified atom stereocenters. The number of halogens is 3. The lowest BCUT2D eigenvalue weighted by atomic mass is 10.1. The van der Waals surface area contributed by atoms with Crippen LogP contribution in [0.2, 0.25) is 0 Å². The van der Waals surface area contributed by atoms with Crippen LogP contribution in [0.1, 0.15) is 18.1 Å². The van der Waals surface area contributed by atoms with Crippen molar-refractivity contribution in [2.75, 3.05) is 24.6 Å². The minimum absolute atomic E-state index is 0.00511. The summed E-state index contributed by atoms with van der Waals surface area (Å²) in [5, 5.41) is 12.7. The van der Waals surface area contributed by atoms with Gasteiger partial charge in [0.1, 0.15) is 11.5 Å². The number of aliphatic hydroxyl groups is 1. The molecule has 0 bridgehead atoms. The summed E-state index contributed by atoms with van der Waals surface area (Å²) in [5.41, 5.74) is 0.907. The van der Waals surface area contributed by atoms with E-state index in [1.807, 2.05) is 0 Å². The van der Waals surface area contributed by atoms with Crippen LogP contribution in [0.5, 0.6) is 11.5 Å². The Labute approximate surface area is 170 Å². The van der Waals surface area contributed by atoms with Crippen molar-refractivity contribution in [3.63, 3.8) is 0 Å². The summed E-state index contributed by atoms with van der Waals surface area (Å²) in [6.07, 6.45) is -5.90. The second kappa shape index (κ2) is 9.04. The van der Waals surface area contributed by atoms with Crippen LogP contribution in [-0.4, -0.2) is 43.0 Å². The van der Waals surface area contributed by atoms with Gasteiger partial charge in [0, 0.05) is 19.5 Å². The van der Waals surface area contributed by atoms with Crippen LogP contribution in [0.25, 0.3) is 0 Å². The van der Waals surface area contributed by atoms with Crippen LogP contribution in [0.15, 0.2) is 48.5 Å². The van der Waals surface area contributed by atoms with Crippen molar-refractivity contribution in [2.45, 2.75) is 18.9 Å². The monoisotopic (exact) mass is 424 g/mol. The minimum atomic E-state index is -4.80. The van der Waals surface area contributed by atoms with Gasteiger partial charge in [-0.2, -0.15) is 0 Å². The van der Waals surface area contributed by atoms with Gasteiger partial charge >= 0.3 is 6.36 Å². The van der Waals surface area contributed by atoms with E-state index in [4.69, 9.17) is 4.74 Å². The molecule has 7 nitrogen and oxygen atoms in total. The van der Waals surface area contributed by atoms with E-state index in [9.17, 15) is 27.9 Å². The highest BCUT2D eigenvalue weighted by Crippen LogP contribution is 2.31. The van der Waals surface area contributed by atoms with E-state index in [0.29, 0.717) is 17.0 Å². The standard InChI is InChI=1S/C20H19F3N2O5/c21-20(22,23)30-14-7-5-13(6-8-14)16(26)11-24-18(27)9-10-25-15-3-1-2-4-17(15)29-12-19(25)28/h1-8,16,26H,9-12H2,(H,24,27)/t16-/m1/s1. The third-order valence-electron chi connectivity index (χ3n) is 4.36. The molecule has 0 saturated carbocycles. The van der Waals surface area contributed by atoms with E-state index in [1.165, 1.54) is 17.0 Å². The summed E-state index contributed by atoms with van der Waals surface area (Å²) in [6, 6.07) is 11.7. The largest absolute Gasteiger partial charge is 0.573 e. The maximum absolute atomic E-state index is 12.2. The van der Waals surface area contributed by atoms with Gasteiger partial charge in [-0.3, -0.25) is 9.59 Å². The van der Waals surface area contributed by atoms with Crippen LogP contribution < -0.4 is 19.7 Å². The third kappa shape index (κ3) is 5.63. The molecule has 0 aliphatic carbocycles. The average molecular weight is 424 g/mol. The second-order valence-electron chi connectivity index (χ2n) is 6.49. The Morgan fingerprint density at radius 1 is 1.20 bits per heavy atom. The van der Waals surface area contributed by atoms with E-state index in [-0.39, 0.29) is 37.9 Å². The van der Waals surface area contributed by atoms with Crippen LogP contribution >= 0.6 is 0 Å². The van der Waals surface area contributed by atoms with Crippen molar-refractivity contribution >= 4 is 17.5 Å². The molecule has 0 fully saturated rings.